The first-order valence-electron chi connectivity index (χ1n) is 14.3. The van der Waals surface area contributed by atoms with Gasteiger partial charge in [-0.05, 0) is 117 Å². The van der Waals surface area contributed by atoms with E-state index in [1.54, 1.807) is 5.57 Å². The predicted octanol–water partition coefficient (Wildman–Crippen LogP) is 7.86. The molecule has 1 aromatic carbocycles. The van der Waals surface area contributed by atoms with Crippen molar-refractivity contribution in [1.29, 1.82) is 0 Å². The molecule has 3 fully saturated rings. The summed E-state index contributed by atoms with van der Waals surface area (Å²) in [6.07, 6.45) is 14.9. The zero-order valence-corrected chi connectivity index (χ0v) is 22.1. The number of rotatable bonds is 6. The largest absolute Gasteiger partial charge is 0.390 e. The Bertz CT molecular complexity index is 892. The lowest BCUT2D eigenvalue weighted by Gasteiger charge is -2.59. The van der Waals surface area contributed by atoms with Gasteiger partial charge in [0.05, 0.1) is 11.7 Å². The summed E-state index contributed by atoms with van der Waals surface area (Å²) in [5.74, 6) is 3.94. The van der Waals surface area contributed by atoms with E-state index in [1.807, 2.05) is 18.2 Å². The van der Waals surface area contributed by atoms with Crippen LogP contribution < -0.4 is 0 Å². The fraction of sp³-hybridized carbons (Fsp3) is 0.750. The fourth-order valence-corrected chi connectivity index (χ4v) is 9.45. The third kappa shape index (κ3) is 4.01. The summed E-state index contributed by atoms with van der Waals surface area (Å²) in [4.78, 5) is 0. The number of hydrogen-bond acceptors (Lipinski definition) is 2. The van der Waals surface area contributed by atoms with Crippen LogP contribution in [0.5, 0.6) is 0 Å². The van der Waals surface area contributed by atoms with Crippen molar-refractivity contribution in [2.45, 2.75) is 110 Å². The number of allylic oxidation sites excluding steroid dienone is 1. The zero-order chi connectivity index (χ0) is 24.1. The second kappa shape index (κ2) is 9.07. The fourth-order valence-electron chi connectivity index (χ4n) is 9.45. The minimum absolute atomic E-state index is 0.315. The van der Waals surface area contributed by atoms with Gasteiger partial charge < -0.3 is 10.2 Å². The second-order valence-corrected chi connectivity index (χ2v) is 13.2. The summed E-state index contributed by atoms with van der Waals surface area (Å²) in [6.45, 7) is 9.80. The van der Waals surface area contributed by atoms with E-state index >= 15 is 0 Å². The van der Waals surface area contributed by atoms with Gasteiger partial charge >= 0.3 is 0 Å². The summed E-state index contributed by atoms with van der Waals surface area (Å²) in [7, 11) is 0. The van der Waals surface area contributed by atoms with E-state index in [4.69, 9.17) is 0 Å². The van der Waals surface area contributed by atoms with Gasteiger partial charge in [-0.2, -0.15) is 0 Å². The number of hydrogen-bond donors (Lipinski definition) is 2. The van der Waals surface area contributed by atoms with E-state index in [2.05, 4.69) is 45.9 Å². The molecule has 0 heterocycles. The average Bonchev–Trinajstić information content (AvgIpc) is 3.20. The first-order valence-corrected chi connectivity index (χ1v) is 14.3. The Balaban J connectivity index is 1.28. The molecule has 5 rings (SSSR count). The monoisotopic (exact) mass is 464 g/mol. The smallest absolute Gasteiger partial charge is 0.0790 e. The maximum absolute atomic E-state index is 11.0. The SMILES string of the molecule is CC[C@]1(O)CC[C@@]2(C)C(=CC[C@@H]3C2CC[C@]2(C)[C@@H]([C@H](C)CC[C@H](O)c4ccccc4)CC[C@@H]32)C1. The summed E-state index contributed by atoms with van der Waals surface area (Å²) in [5, 5.41) is 21.8. The van der Waals surface area contributed by atoms with Gasteiger partial charge in [0.25, 0.3) is 0 Å². The third-order valence-electron chi connectivity index (χ3n) is 11.8. The number of aliphatic hydroxyl groups excluding tert-OH is 1. The highest BCUT2D eigenvalue weighted by Gasteiger charge is 2.59. The normalized spacial score (nSPS) is 43.3. The Labute approximate surface area is 208 Å². The van der Waals surface area contributed by atoms with Gasteiger partial charge in [-0.3, -0.25) is 0 Å². The summed E-state index contributed by atoms with van der Waals surface area (Å²) >= 11 is 0. The van der Waals surface area contributed by atoms with Crippen molar-refractivity contribution >= 4 is 0 Å². The molecule has 0 spiro atoms. The highest BCUT2D eigenvalue weighted by molar-refractivity contribution is 5.27. The topological polar surface area (TPSA) is 40.5 Å². The van der Waals surface area contributed by atoms with E-state index in [1.165, 1.54) is 38.5 Å². The Kier molecular flexibility index (Phi) is 6.56. The molecule has 0 amide bonds. The summed E-state index contributed by atoms with van der Waals surface area (Å²) in [5.41, 5.74) is 2.96. The molecule has 9 atom stereocenters. The molecule has 2 heteroatoms. The number of fused-ring (bicyclic) bond motifs is 5. The number of aliphatic hydroxyl groups is 2. The molecule has 0 radical (unpaired) electrons. The van der Waals surface area contributed by atoms with Gasteiger partial charge in [-0.15, -0.1) is 0 Å². The molecule has 4 aliphatic rings. The highest BCUT2D eigenvalue weighted by atomic mass is 16.3. The predicted molar refractivity (Wildman–Crippen MR) is 140 cm³/mol. The van der Waals surface area contributed by atoms with Crippen molar-refractivity contribution < 1.29 is 10.2 Å². The molecule has 1 unspecified atom stereocenters. The van der Waals surface area contributed by atoms with E-state index < -0.39 is 5.60 Å². The van der Waals surface area contributed by atoms with Gasteiger partial charge in [0.2, 0.25) is 0 Å². The van der Waals surface area contributed by atoms with Gasteiger partial charge in [0.1, 0.15) is 0 Å². The van der Waals surface area contributed by atoms with Crippen LogP contribution in [0.4, 0.5) is 0 Å². The Morgan fingerprint density at radius 2 is 1.74 bits per heavy atom. The first kappa shape index (κ1) is 24.6. The zero-order valence-electron chi connectivity index (χ0n) is 22.1. The molecule has 0 aromatic heterocycles. The molecule has 3 saturated carbocycles. The van der Waals surface area contributed by atoms with Crippen LogP contribution in [0.3, 0.4) is 0 Å². The third-order valence-corrected chi connectivity index (χ3v) is 11.8. The molecule has 4 aliphatic carbocycles. The molecule has 0 aliphatic heterocycles. The van der Waals surface area contributed by atoms with E-state index in [0.717, 1.165) is 61.3 Å². The van der Waals surface area contributed by atoms with E-state index in [-0.39, 0.29) is 6.10 Å². The van der Waals surface area contributed by atoms with Crippen LogP contribution in [0.15, 0.2) is 42.0 Å². The highest BCUT2D eigenvalue weighted by Crippen LogP contribution is 2.67. The van der Waals surface area contributed by atoms with Crippen molar-refractivity contribution in [3.05, 3.63) is 47.5 Å². The molecular formula is C32H48O2. The molecule has 34 heavy (non-hydrogen) atoms. The molecule has 2 nitrogen and oxygen atoms in total. The molecule has 1 aromatic rings. The second-order valence-electron chi connectivity index (χ2n) is 13.2. The average molecular weight is 465 g/mol. The van der Waals surface area contributed by atoms with Crippen molar-refractivity contribution in [2.75, 3.05) is 0 Å². The van der Waals surface area contributed by atoms with Crippen molar-refractivity contribution in [3.63, 3.8) is 0 Å². The lowest BCUT2D eigenvalue weighted by molar-refractivity contribution is -0.0757. The minimum Gasteiger partial charge on any atom is -0.390 e. The maximum atomic E-state index is 11.0. The van der Waals surface area contributed by atoms with Crippen LogP contribution >= 0.6 is 0 Å². The standard InChI is InChI=1S/C32H48O2/c1-5-32(34)20-19-30(3)24(21-32)12-13-25-27-15-14-26(31(27,4)18-17-28(25)30)22(2)11-16-29(33)23-9-7-6-8-10-23/h6-10,12,22,25-29,33-34H,5,11,13-21H2,1-4H3/t22-,25+,26-,27+,28?,29+,30+,31-,32+/m1/s1. The molecule has 0 bridgehead atoms. The lowest BCUT2D eigenvalue weighted by atomic mass is 9.46. The van der Waals surface area contributed by atoms with Crippen molar-refractivity contribution in [1.82, 2.24) is 0 Å². The summed E-state index contributed by atoms with van der Waals surface area (Å²) in [6, 6.07) is 10.2. The van der Waals surface area contributed by atoms with Crippen LogP contribution in [-0.2, 0) is 0 Å². The van der Waals surface area contributed by atoms with Crippen LogP contribution in [0.2, 0.25) is 0 Å². The Morgan fingerprint density at radius 3 is 2.47 bits per heavy atom. The van der Waals surface area contributed by atoms with Crippen LogP contribution in [0, 0.1) is 40.4 Å². The van der Waals surface area contributed by atoms with Gasteiger partial charge in [-0.1, -0.05) is 69.7 Å². The van der Waals surface area contributed by atoms with Crippen LogP contribution in [0.25, 0.3) is 0 Å². The number of benzene rings is 1. The summed E-state index contributed by atoms with van der Waals surface area (Å²) < 4.78 is 0. The van der Waals surface area contributed by atoms with E-state index in [0.29, 0.717) is 16.7 Å². The van der Waals surface area contributed by atoms with Crippen LogP contribution in [0.1, 0.15) is 110 Å². The van der Waals surface area contributed by atoms with Gasteiger partial charge in [0.15, 0.2) is 0 Å². The van der Waals surface area contributed by atoms with E-state index in [9.17, 15) is 10.2 Å². The van der Waals surface area contributed by atoms with Gasteiger partial charge in [0, 0.05) is 0 Å². The lowest BCUT2D eigenvalue weighted by Crippen LogP contribution is -2.52. The molecule has 2 N–H and O–H groups in total. The quantitative estimate of drug-likeness (QED) is 0.421. The van der Waals surface area contributed by atoms with Crippen molar-refractivity contribution in [3.8, 4) is 0 Å². The molecule has 0 saturated heterocycles. The Hall–Kier alpha value is -1.12. The maximum Gasteiger partial charge on any atom is 0.0790 e. The first-order chi connectivity index (χ1) is 16.2. The molecular weight excluding hydrogens is 416 g/mol. The van der Waals surface area contributed by atoms with Crippen molar-refractivity contribution in [2.24, 2.45) is 40.4 Å². The Morgan fingerprint density at radius 1 is 0.971 bits per heavy atom. The van der Waals surface area contributed by atoms with Crippen LogP contribution in [-0.4, -0.2) is 15.8 Å². The van der Waals surface area contributed by atoms with Gasteiger partial charge in [-0.25, -0.2) is 0 Å². The minimum atomic E-state index is -0.459. The molecule has 188 valence electrons.